The van der Waals surface area contributed by atoms with E-state index in [-0.39, 0.29) is 17.0 Å². The molecule has 0 aliphatic rings. The number of nitrogens with two attached hydrogens (primary N) is 1. The molecule has 2 N–H and O–H groups in total. The Hall–Kier alpha value is -1.52. The maximum Gasteiger partial charge on any atom is 0.160 e. The zero-order chi connectivity index (χ0) is 14.0. The molecule has 19 heavy (non-hydrogen) atoms. The first-order valence-corrected chi connectivity index (χ1v) is 6.00. The average molecular weight is 286 g/mol. The molecule has 2 rings (SSSR count). The van der Waals surface area contributed by atoms with Crippen molar-refractivity contribution < 1.29 is 13.2 Å². The number of halogens is 4. The maximum absolute atomic E-state index is 13.5. The Morgan fingerprint density at radius 2 is 1.63 bits per heavy atom. The van der Waals surface area contributed by atoms with E-state index >= 15 is 0 Å². The summed E-state index contributed by atoms with van der Waals surface area (Å²) in [6.07, 6.45) is 0.150. The van der Waals surface area contributed by atoms with Gasteiger partial charge in [0.15, 0.2) is 11.6 Å². The van der Waals surface area contributed by atoms with Gasteiger partial charge in [0.2, 0.25) is 0 Å². The van der Waals surface area contributed by atoms with Crippen molar-refractivity contribution in [3.05, 3.63) is 70.0 Å². The fourth-order valence-corrected chi connectivity index (χ4v) is 2.12. The Balaban J connectivity index is 2.28. The smallest absolute Gasteiger partial charge is 0.160 e. The van der Waals surface area contributed by atoms with Gasteiger partial charge in [-0.2, -0.15) is 0 Å². The largest absolute Gasteiger partial charge is 0.324 e. The first kappa shape index (κ1) is 13.9. The van der Waals surface area contributed by atoms with Crippen molar-refractivity contribution in [2.75, 3.05) is 0 Å². The van der Waals surface area contributed by atoms with E-state index in [2.05, 4.69) is 0 Å². The maximum atomic E-state index is 13.5. The summed E-state index contributed by atoms with van der Waals surface area (Å²) in [7, 11) is 0. The summed E-state index contributed by atoms with van der Waals surface area (Å²) in [5.41, 5.74) is 6.53. The Labute approximate surface area is 113 Å². The third kappa shape index (κ3) is 3.08. The van der Waals surface area contributed by atoms with Crippen LogP contribution in [0.3, 0.4) is 0 Å². The second kappa shape index (κ2) is 5.63. The SMILES string of the molecule is NC(Cc1ccccc1F)c1cc(F)c(F)cc1Cl. The summed E-state index contributed by atoms with van der Waals surface area (Å²) < 4.78 is 39.6. The van der Waals surface area contributed by atoms with Gasteiger partial charge < -0.3 is 5.73 Å². The molecule has 0 saturated carbocycles. The molecule has 0 amide bonds. The molecule has 0 spiro atoms. The molecular weight excluding hydrogens is 275 g/mol. The lowest BCUT2D eigenvalue weighted by atomic mass is 9.99. The molecular formula is C14H11ClF3N. The van der Waals surface area contributed by atoms with E-state index < -0.39 is 23.5 Å². The molecule has 2 aromatic carbocycles. The number of rotatable bonds is 3. The van der Waals surface area contributed by atoms with E-state index in [0.29, 0.717) is 5.56 Å². The molecule has 0 fully saturated rings. The molecule has 0 heterocycles. The molecule has 0 aliphatic carbocycles. The Morgan fingerprint density at radius 1 is 1.00 bits per heavy atom. The van der Waals surface area contributed by atoms with Crippen LogP contribution in [-0.4, -0.2) is 0 Å². The van der Waals surface area contributed by atoms with Crippen molar-refractivity contribution in [2.45, 2.75) is 12.5 Å². The first-order valence-electron chi connectivity index (χ1n) is 5.62. The number of benzene rings is 2. The van der Waals surface area contributed by atoms with E-state index in [1.54, 1.807) is 18.2 Å². The Bertz CT molecular complexity index is 601. The average Bonchev–Trinajstić information content (AvgIpc) is 2.36. The van der Waals surface area contributed by atoms with Gasteiger partial charge in [-0.3, -0.25) is 0 Å². The number of hydrogen-bond donors (Lipinski definition) is 1. The van der Waals surface area contributed by atoms with Crippen LogP contribution in [-0.2, 0) is 6.42 Å². The minimum absolute atomic E-state index is 0.0303. The summed E-state index contributed by atoms with van der Waals surface area (Å²) >= 11 is 5.82. The van der Waals surface area contributed by atoms with Gasteiger partial charge in [0, 0.05) is 11.1 Å². The normalized spacial score (nSPS) is 12.5. The Kier molecular flexibility index (Phi) is 4.12. The van der Waals surface area contributed by atoms with Crippen molar-refractivity contribution in [1.82, 2.24) is 0 Å². The van der Waals surface area contributed by atoms with Gasteiger partial charge in [-0.1, -0.05) is 29.8 Å². The predicted molar refractivity (Wildman–Crippen MR) is 68.4 cm³/mol. The number of hydrogen-bond acceptors (Lipinski definition) is 1. The molecule has 5 heteroatoms. The quantitative estimate of drug-likeness (QED) is 0.848. The lowest BCUT2D eigenvalue weighted by Crippen LogP contribution is -2.15. The van der Waals surface area contributed by atoms with Gasteiger partial charge in [0.1, 0.15) is 5.82 Å². The van der Waals surface area contributed by atoms with Crippen LogP contribution in [0, 0.1) is 17.5 Å². The van der Waals surface area contributed by atoms with Crippen LogP contribution < -0.4 is 5.73 Å². The van der Waals surface area contributed by atoms with Crippen molar-refractivity contribution in [2.24, 2.45) is 5.73 Å². The van der Waals surface area contributed by atoms with Crippen LogP contribution in [0.4, 0.5) is 13.2 Å². The van der Waals surface area contributed by atoms with Gasteiger partial charge >= 0.3 is 0 Å². The van der Waals surface area contributed by atoms with E-state index in [4.69, 9.17) is 17.3 Å². The molecule has 0 aromatic heterocycles. The third-order valence-corrected chi connectivity index (χ3v) is 3.16. The zero-order valence-electron chi connectivity index (χ0n) is 9.84. The van der Waals surface area contributed by atoms with Crippen molar-refractivity contribution in [3.8, 4) is 0 Å². The topological polar surface area (TPSA) is 26.0 Å². The summed E-state index contributed by atoms with van der Waals surface area (Å²) in [5.74, 6) is -2.45. The van der Waals surface area contributed by atoms with Crippen molar-refractivity contribution >= 4 is 11.6 Å². The lowest BCUT2D eigenvalue weighted by Gasteiger charge is -2.14. The summed E-state index contributed by atoms with van der Waals surface area (Å²) in [5, 5.41) is 0.0303. The molecule has 0 aliphatic heterocycles. The highest BCUT2D eigenvalue weighted by molar-refractivity contribution is 6.31. The second-order valence-corrected chi connectivity index (χ2v) is 4.60. The van der Waals surface area contributed by atoms with Crippen LogP contribution in [0.15, 0.2) is 36.4 Å². The summed E-state index contributed by atoms with van der Waals surface area (Å²) in [6.45, 7) is 0. The summed E-state index contributed by atoms with van der Waals surface area (Å²) in [4.78, 5) is 0. The van der Waals surface area contributed by atoms with E-state index in [1.165, 1.54) is 6.07 Å². The predicted octanol–water partition coefficient (Wildman–Crippen LogP) is 4.00. The van der Waals surface area contributed by atoms with Gasteiger partial charge in [0.05, 0.1) is 0 Å². The lowest BCUT2D eigenvalue weighted by molar-refractivity contribution is 0.504. The van der Waals surface area contributed by atoms with Crippen LogP contribution in [0.1, 0.15) is 17.2 Å². The fourth-order valence-electron chi connectivity index (χ4n) is 1.83. The van der Waals surface area contributed by atoms with Gasteiger partial charge in [-0.15, -0.1) is 0 Å². The molecule has 1 nitrogen and oxygen atoms in total. The standard InChI is InChI=1S/C14H11ClF3N/c15-10-7-13(18)12(17)6-9(10)14(19)5-8-3-1-2-4-11(8)16/h1-4,6-7,14H,5,19H2. The van der Waals surface area contributed by atoms with Crippen LogP contribution >= 0.6 is 11.6 Å². The van der Waals surface area contributed by atoms with Crippen molar-refractivity contribution in [3.63, 3.8) is 0 Å². The fraction of sp³-hybridized carbons (Fsp3) is 0.143. The van der Waals surface area contributed by atoms with Gasteiger partial charge in [-0.25, -0.2) is 13.2 Å². The Morgan fingerprint density at radius 3 is 2.32 bits per heavy atom. The highest BCUT2D eigenvalue weighted by Gasteiger charge is 2.16. The van der Waals surface area contributed by atoms with Crippen LogP contribution in [0.25, 0.3) is 0 Å². The molecule has 0 radical (unpaired) electrons. The molecule has 100 valence electrons. The van der Waals surface area contributed by atoms with E-state index in [9.17, 15) is 13.2 Å². The molecule has 1 atom stereocenters. The van der Waals surface area contributed by atoms with Gasteiger partial charge in [0.25, 0.3) is 0 Å². The third-order valence-electron chi connectivity index (χ3n) is 2.84. The molecule has 0 saturated heterocycles. The highest BCUT2D eigenvalue weighted by atomic mass is 35.5. The molecule has 1 unspecified atom stereocenters. The van der Waals surface area contributed by atoms with Gasteiger partial charge in [-0.05, 0) is 35.7 Å². The van der Waals surface area contributed by atoms with Crippen molar-refractivity contribution in [1.29, 1.82) is 0 Å². The van der Waals surface area contributed by atoms with Crippen LogP contribution in [0.2, 0.25) is 5.02 Å². The minimum atomic E-state index is -1.04. The summed E-state index contributed by atoms with van der Waals surface area (Å²) in [6, 6.07) is 7.25. The first-order chi connectivity index (χ1) is 8.99. The highest BCUT2D eigenvalue weighted by Crippen LogP contribution is 2.27. The molecule has 0 bridgehead atoms. The van der Waals surface area contributed by atoms with E-state index in [1.807, 2.05) is 0 Å². The van der Waals surface area contributed by atoms with Crippen LogP contribution in [0.5, 0.6) is 0 Å². The minimum Gasteiger partial charge on any atom is -0.324 e. The molecule has 2 aromatic rings. The monoisotopic (exact) mass is 285 g/mol. The second-order valence-electron chi connectivity index (χ2n) is 4.19. The zero-order valence-corrected chi connectivity index (χ0v) is 10.6. The van der Waals surface area contributed by atoms with E-state index in [0.717, 1.165) is 12.1 Å².